The Bertz CT molecular complexity index is 736. The highest BCUT2D eigenvalue weighted by Crippen LogP contribution is 2.34. The molecule has 1 aromatic heterocycles. The van der Waals surface area contributed by atoms with E-state index in [2.05, 4.69) is 62.7 Å². The van der Waals surface area contributed by atoms with Crippen molar-refractivity contribution < 1.29 is 0 Å². The molecule has 0 spiro atoms. The van der Waals surface area contributed by atoms with Crippen molar-refractivity contribution in [2.75, 3.05) is 20.1 Å². The third-order valence-corrected chi connectivity index (χ3v) is 5.58. The van der Waals surface area contributed by atoms with Crippen molar-refractivity contribution in [1.82, 2.24) is 25.0 Å². The number of nitrogens with one attached hydrogen (secondary N) is 1. The quantitative estimate of drug-likeness (QED) is 0.677. The Morgan fingerprint density at radius 3 is 2.65 bits per heavy atom. The van der Waals surface area contributed by atoms with Crippen LogP contribution in [0, 0.1) is 12.8 Å². The van der Waals surface area contributed by atoms with Gasteiger partial charge in [-0.15, -0.1) is 10.2 Å². The SMILES string of the molecule is CCC1CN(C(=NC)NCc2nnc(C)n2C)CCC1c1ccccc1. The second-order valence-electron chi connectivity index (χ2n) is 7.04. The van der Waals surface area contributed by atoms with Gasteiger partial charge < -0.3 is 14.8 Å². The van der Waals surface area contributed by atoms with Crippen LogP contribution in [0.3, 0.4) is 0 Å². The van der Waals surface area contributed by atoms with E-state index in [9.17, 15) is 0 Å². The molecule has 0 amide bonds. The van der Waals surface area contributed by atoms with Gasteiger partial charge in [-0.2, -0.15) is 0 Å². The summed E-state index contributed by atoms with van der Waals surface area (Å²) >= 11 is 0. The van der Waals surface area contributed by atoms with E-state index >= 15 is 0 Å². The van der Waals surface area contributed by atoms with Crippen molar-refractivity contribution >= 4 is 5.96 Å². The lowest BCUT2D eigenvalue weighted by molar-refractivity contribution is 0.215. The van der Waals surface area contributed by atoms with Crippen molar-refractivity contribution in [3.8, 4) is 0 Å². The molecular formula is C20H30N6. The van der Waals surface area contributed by atoms with Gasteiger partial charge in [0.05, 0.1) is 6.54 Å². The van der Waals surface area contributed by atoms with E-state index in [1.54, 1.807) is 0 Å². The van der Waals surface area contributed by atoms with Crippen molar-refractivity contribution in [1.29, 1.82) is 0 Å². The predicted octanol–water partition coefficient (Wildman–Crippen LogP) is 2.71. The first kappa shape index (κ1) is 18.4. The molecule has 0 saturated carbocycles. The second kappa shape index (κ2) is 8.34. The fourth-order valence-electron chi connectivity index (χ4n) is 3.87. The van der Waals surface area contributed by atoms with E-state index < -0.39 is 0 Å². The normalized spacial score (nSPS) is 21.1. The Hall–Kier alpha value is -2.37. The number of nitrogens with zero attached hydrogens (tertiary/aromatic N) is 5. The highest BCUT2D eigenvalue weighted by Gasteiger charge is 2.30. The fourth-order valence-corrected chi connectivity index (χ4v) is 3.87. The monoisotopic (exact) mass is 354 g/mol. The van der Waals surface area contributed by atoms with E-state index in [0.29, 0.717) is 18.4 Å². The number of hydrogen-bond donors (Lipinski definition) is 1. The first-order valence-electron chi connectivity index (χ1n) is 9.49. The first-order valence-corrected chi connectivity index (χ1v) is 9.49. The van der Waals surface area contributed by atoms with E-state index in [1.807, 2.05) is 25.6 Å². The number of guanidine groups is 1. The van der Waals surface area contributed by atoms with Crippen LogP contribution in [0.4, 0.5) is 0 Å². The topological polar surface area (TPSA) is 58.3 Å². The Labute approximate surface area is 156 Å². The zero-order valence-corrected chi connectivity index (χ0v) is 16.3. The predicted molar refractivity (Wildman–Crippen MR) is 105 cm³/mol. The summed E-state index contributed by atoms with van der Waals surface area (Å²) in [4.78, 5) is 6.89. The van der Waals surface area contributed by atoms with Gasteiger partial charge in [0.1, 0.15) is 5.82 Å². The molecule has 2 atom stereocenters. The number of aliphatic imine (C=N–C) groups is 1. The lowest BCUT2D eigenvalue weighted by Crippen LogP contribution is -2.48. The molecule has 2 aromatic rings. The standard InChI is InChI=1S/C20H30N6/c1-5-16-14-26(12-11-18(16)17-9-7-6-8-10-17)20(21-3)22-13-19-24-23-15(2)25(19)4/h6-10,16,18H,5,11-14H2,1-4H3,(H,21,22). The lowest BCUT2D eigenvalue weighted by Gasteiger charge is -2.40. The Balaban J connectivity index is 1.64. The molecule has 0 bridgehead atoms. The number of piperidine rings is 1. The smallest absolute Gasteiger partial charge is 0.194 e. The maximum absolute atomic E-state index is 4.50. The molecule has 1 fully saturated rings. The van der Waals surface area contributed by atoms with E-state index in [1.165, 1.54) is 12.0 Å². The van der Waals surface area contributed by atoms with Crippen LogP contribution in [0.15, 0.2) is 35.3 Å². The lowest BCUT2D eigenvalue weighted by atomic mass is 9.79. The minimum absolute atomic E-state index is 0.636. The van der Waals surface area contributed by atoms with Crippen molar-refractivity contribution in [3.05, 3.63) is 47.5 Å². The molecule has 1 saturated heterocycles. The van der Waals surface area contributed by atoms with Gasteiger partial charge in [0.2, 0.25) is 0 Å². The second-order valence-corrected chi connectivity index (χ2v) is 7.04. The summed E-state index contributed by atoms with van der Waals surface area (Å²) in [6.07, 6.45) is 2.34. The third kappa shape index (κ3) is 3.89. The van der Waals surface area contributed by atoms with Crippen LogP contribution >= 0.6 is 0 Å². The van der Waals surface area contributed by atoms with Gasteiger partial charge in [0.15, 0.2) is 11.8 Å². The summed E-state index contributed by atoms with van der Waals surface area (Å²) < 4.78 is 2.01. The van der Waals surface area contributed by atoms with Crippen LogP contribution in [0.5, 0.6) is 0 Å². The molecule has 1 aliphatic rings. The van der Waals surface area contributed by atoms with Gasteiger partial charge in [-0.3, -0.25) is 4.99 Å². The minimum atomic E-state index is 0.636. The van der Waals surface area contributed by atoms with Gasteiger partial charge in [-0.05, 0) is 30.7 Å². The fraction of sp³-hybridized carbons (Fsp3) is 0.550. The molecule has 6 nitrogen and oxygen atoms in total. The van der Waals surface area contributed by atoms with Crippen LogP contribution in [-0.2, 0) is 13.6 Å². The minimum Gasteiger partial charge on any atom is -0.349 e. The summed E-state index contributed by atoms with van der Waals surface area (Å²) in [5.74, 6) is 4.08. The summed E-state index contributed by atoms with van der Waals surface area (Å²) in [6.45, 7) is 6.95. The van der Waals surface area contributed by atoms with Gasteiger partial charge in [0, 0.05) is 27.2 Å². The first-order chi connectivity index (χ1) is 12.6. The molecule has 0 aliphatic carbocycles. The van der Waals surface area contributed by atoms with Crippen LogP contribution in [0.2, 0.25) is 0 Å². The highest BCUT2D eigenvalue weighted by molar-refractivity contribution is 5.80. The molecule has 1 aromatic carbocycles. The summed E-state index contributed by atoms with van der Waals surface area (Å²) in [6, 6.07) is 10.9. The maximum atomic E-state index is 4.50. The summed E-state index contributed by atoms with van der Waals surface area (Å²) in [7, 11) is 3.85. The van der Waals surface area contributed by atoms with Gasteiger partial charge in [-0.1, -0.05) is 43.7 Å². The van der Waals surface area contributed by atoms with Crippen LogP contribution < -0.4 is 5.32 Å². The number of rotatable bonds is 4. The van der Waals surface area contributed by atoms with Crippen molar-refractivity contribution in [2.45, 2.75) is 39.2 Å². The maximum Gasteiger partial charge on any atom is 0.194 e. The van der Waals surface area contributed by atoms with Gasteiger partial charge >= 0.3 is 0 Å². The molecule has 2 unspecified atom stereocenters. The van der Waals surface area contributed by atoms with E-state index in [4.69, 9.17) is 0 Å². The average molecular weight is 355 g/mol. The molecule has 1 N–H and O–H groups in total. The van der Waals surface area contributed by atoms with Crippen molar-refractivity contribution in [3.63, 3.8) is 0 Å². The van der Waals surface area contributed by atoms with Gasteiger partial charge in [-0.25, -0.2) is 0 Å². The molecule has 3 rings (SSSR count). The molecule has 140 valence electrons. The number of likely N-dealkylation sites (tertiary alicyclic amines) is 1. The van der Waals surface area contributed by atoms with Crippen LogP contribution in [0.1, 0.15) is 42.9 Å². The molecule has 0 radical (unpaired) electrons. The van der Waals surface area contributed by atoms with Gasteiger partial charge in [0.25, 0.3) is 0 Å². The highest BCUT2D eigenvalue weighted by atomic mass is 15.3. The number of aromatic nitrogens is 3. The molecular weight excluding hydrogens is 324 g/mol. The van der Waals surface area contributed by atoms with Crippen LogP contribution in [0.25, 0.3) is 0 Å². The summed E-state index contributed by atoms with van der Waals surface area (Å²) in [5, 5.41) is 11.8. The average Bonchev–Trinajstić information content (AvgIpc) is 3.01. The molecule has 6 heteroatoms. The summed E-state index contributed by atoms with van der Waals surface area (Å²) in [5.41, 5.74) is 1.47. The molecule has 26 heavy (non-hydrogen) atoms. The molecule has 1 aliphatic heterocycles. The number of aryl methyl sites for hydroxylation is 1. The largest absolute Gasteiger partial charge is 0.349 e. The molecule has 2 heterocycles. The van der Waals surface area contributed by atoms with Crippen LogP contribution in [-0.4, -0.2) is 45.8 Å². The number of hydrogen-bond acceptors (Lipinski definition) is 3. The third-order valence-electron chi connectivity index (χ3n) is 5.58. The Morgan fingerprint density at radius 1 is 1.27 bits per heavy atom. The Kier molecular flexibility index (Phi) is 5.91. The Morgan fingerprint density at radius 2 is 2.04 bits per heavy atom. The van der Waals surface area contributed by atoms with Crippen molar-refractivity contribution in [2.24, 2.45) is 18.0 Å². The zero-order valence-electron chi connectivity index (χ0n) is 16.3. The zero-order chi connectivity index (χ0) is 18.5. The van der Waals surface area contributed by atoms with E-state index in [0.717, 1.165) is 37.1 Å². The number of benzene rings is 1. The van der Waals surface area contributed by atoms with E-state index in [-0.39, 0.29) is 0 Å².